The summed E-state index contributed by atoms with van der Waals surface area (Å²) in [6.07, 6.45) is 4.02. The smallest absolute Gasteiger partial charge is 0.346 e. The average molecular weight is 181 g/mol. The lowest BCUT2D eigenvalue weighted by Crippen LogP contribution is -2.46. The fourth-order valence-electron chi connectivity index (χ4n) is 2.05. The summed E-state index contributed by atoms with van der Waals surface area (Å²) < 4.78 is 13.1. The number of rotatable bonds is 1. The summed E-state index contributed by atoms with van der Waals surface area (Å²) in [5.74, 6) is 0. The van der Waals surface area contributed by atoms with E-state index >= 15 is 0 Å². The molecule has 0 aromatic rings. The molecular formula is C9H18B2FN. The van der Waals surface area contributed by atoms with Gasteiger partial charge in [0.1, 0.15) is 0 Å². The number of hydrogen-bond donors (Lipinski definition) is 0. The van der Waals surface area contributed by atoms with Crippen LogP contribution in [0.3, 0.4) is 0 Å². The van der Waals surface area contributed by atoms with Gasteiger partial charge in [-0.05, 0) is 32.7 Å². The molecule has 1 nitrogen and oxygen atoms in total. The van der Waals surface area contributed by atoms with E-state index in [1.165, 1.54) is 0 Å². The van der Waals surface area contributed by atoms with E-state index in [2.05, 4.69) is 32.4 Å². The molecule has 72 valence electrons. The Bertz CT molecular complexity index is 210. The Balaban J connectivity index is 2.72. The van der Waals surface area contributed by atoms with Gasteiger partial charge < -0.3 is 9.13 Å². The van der Waals surface area contributed by atoms with E-state index in [9.17, 15) is 4.32 Å². The maximum atomic E-state index is 13.1. The predicted molar refractivity (Wildman–Crippen MR) is 58.8 cm³/mol. The van der Waals surface area contributed by atoms with Crippen LogP contribution in [0.1, 0.15) is 20.8 Å². The van der Waals surface area contributed by atoms with E-state index < -0.39 is 6.99 Å². The Morgan fingerprint density at radius 2 is 2.00 bits per heavy atom. The highest BCUT2D eigenvalue weighted by atomic mass is 19.1. The first-order valence-electron chi connectivity index (χ1n) is 4.95. The lowest BCUT2D eigenvalue weighted by molar-refractivity contribution is 0.327. The van der Waals surface area contributed by atoms with Crippen molar-refractivity contribution in [2.75, 3.05) is 0 Å². The van der Waals surface area contributed by atoms with E-state index in [0.717, 1.165) is 0 Å². The van der Waals surface area contributed by atoms with E-state index in [0.29, 0.717) is 0 Å². The second kappa shape index (κ2) is 3.39. The van der Waals surface area contributed by atoms with Crippen LogP contribution in [0.4, 0.5) is 4.32 Å². The topological polar surface area (TPSA) is 3.24 Å². The summed E-state index contributed by atoms with van der Waals surface area (Å²) >= 11 is 0. The fourth-order valence-corrected chi connectivity index (χ4v) is 2.05. The molecule has 0 fully saturated rings. The number of allylic oxidation sites excluding steroid dienone is 1. The minimum absolute atomic E-state index is 0.0548. The molecule has 0 radical (unpaired) electrons. The highest BCUT2D eigenvalue weighted by molar-refractivity contribution is 6.76. The number of hydrogen-bond acceptors (Lipinski definition) is 1. The zero-order valence-electron chi connectivity index (χ0n) is 9.21. The molecule has 13 heavy (non-hydrogen) atoms. The largest absolute Gasteiger partial charge is 0.417 e. The van der Waals surface area contributed by atoms with Crippen LogP contribution in [-0.4, -0.2) is 24.2 Å². The standard InChI is InChI=1S/C9H18B2FN/c1-9(2,3)13-7-6-8(10(4)12)11(13)5/h6-8H,1-5H3. The minimum atomic E-state index is -0.751. The predicted octanol–water partition coefficient (Wildman–Crippen LogP) is 2.74. The summed E-state index contributed by atoms with van der Waals surface area (Å²) in [6.45, 7) is 9.71. The summed E-state index contributed by atoms with van der Waals surface area (Å²) in [4.78, 5) is 2.23. The van der Waals surface area contributed by atoms with Gasteiger partial charge in [0, 0.05) is 5.54 Å². The average Bonchev–Trinajstić information content (AvgIpc) is 2.28. The van der Waals surface area contributed by atoms with Crippen molar-refractivity contribution in [3.05, 3.63) is 12.3 Å². The van der Waals surface area contributed by atoms with Crippen molar-refractivity contribution in [2.24, 2.45) is 0 Å². The highest BCUT2D eigenvalue weighted by Gasteiger charge is 2.39. The third-order valence-corrected chi connectivity index (χ3v) is 2.77. The van der Waals surface area contributed by atoms with Crippen LogP contribution in [-0.2, 0) is 0 Å². The quantitative estimate of drug-likeness (QED) is 0.562. The first-order valence-corrected chi connectivity index (χ1v) is 4.95. The zero-order chi connectivity index (χ0) is 10.2. The van der Waals surface area contributed by atoms with E-state index in [1.807, 2.05) is 12.3 Å². The van der Waals surface area contributed by atoms with Crippen LogP contribution in [0.2, 0.25) is 19.4 Å². The first-order chi connectivity index (χ1) is 5.84. The monoisotopic (exact) mass is 181 g/mol. The van der Waals surface area contributed by atoms with Gasteiger partial charge in [-0.2, -0.15) is 0 Å². The maximum absolute atomic E-state index is 13.1. The number of nitrogens with zero attached hydrogens (tertiary/aromatic N) is 1. The van der Waals surface area contributed by atoms with Crippen LogP contribution in [0.5, 0.6) is 0 Å². The molecule has 1 atom stereocenters. The van der Waals surface area contributed by atoms with Crippen molar-refractivity contribution in [3.8, 4) is 0 Å². The summed E-state index contributed by atoms with van der Waals surface area (Å²) in [7, 11) is 0. The van der Waals surface area contributed by atoms with Crippen molar-refractivity contribution in [3.63, 3.8) is 0 Å². The van der Waals surface area contributed by atoms with E-state index in [4.69, 9.17) is 0 Å². The number of halogens is 1. The van der Waals surface area contributed by atoms with Gasteiger partial charge in [-0.15, -0.1) is 0 Å². The Morgan fingerprint density at radius 3 is 2.23 bits per heavy atom. The summed E-state index contributed by atoms with van der Waals surface area (Å²) in [6, 6.07) is 0. The highest BCUT2D eigenvalue weighted by Crippen LogP contribution is 2.31. The van der Waals surface area contributed by atoms with E-state index in [1.54, 1.807) is 6.82 Å². The van der Waals surface area contributed by atoms with Crippen molar-refractivity contribution in [1.82, 2.24) is 4.81 Å². The van der Waals surface area contributed by atoms with Crippen molar-refractivity contribution in [1.29, 1.82) is 0 Å². The lowest BCUT2D eigenvalue weighted by atomic mass is 9.37. The molecule has 1 aliphatic rings. The fraction of sp³-hybridized carbons (Fsp3) is 0.778. The molecule has 1 rings (SSSR count). The minimum Gasteiger partial charge on any atom is -0.417 e. The van der Waals surface area contributed by atoms with Crippen LogP contribution in [0.25, 0.3) is 0 Å². The molecule has 0 saturated carbocycles. The Labute approximate surface area is 81.6 Å². The van der Waals surface area contributed by atoms with Crippen molar-refractivity contribution in [2.45, 2.75) is 45.7 Å². The molecule has 0 amide bonds. The second-order valence-electron chi connectivity index (χ2n) is 4.92. The third-order valence-electron chi connectivity index (χ3n) is 2.77. The summed E-state index contributed by atoms with van der Waals surface area (Å²) in [5.41, 5.74) is 0.152. The molecule has 0 saturated heterocycles. The zero-order valence-corrected chi connectivity index (χ0v) is 9.21. The summed E-state index contributed by atoms with van der Waals surface area (Å²) in [5, 5.41) is 0. The molecular weight excluding hydrogens is 163 g/mol. The van der Waals surface area contributed by atoms with Gasteiger partial charge in [-0.1, -0.05) is 19.7 Å². The normalized spacial score (nSPS) is 22.8. The molecule has 0 aromatic carbocycles. The van der Waals surface area contributed by atoms with Crippen LogP contribution >= 0.6 is 0 Å². The van der Waals surface area contributed by atoms with Gasteiger partial charge in [0.15, 0.2) is 0 Å². The molecule has 4 heteroatoms. The van der Waals surface area contributed by atoms with Crippen LogP contribution in [0.15, 0.2) is 12.3 Å². The van der Waals surface area contributed by atoms with Gasteiger partial charge >= 0.3 is 6.99 Å². The van der Waals surface area contributed by atoms with Gasteiger partial charge in [0.2, 0.25) is 0 Å². The Hall–Kier alpha value is -0.400. The molecule has 0 aromatic heterocycles. The van der Waals surface area contributed by atoms with E-state index in [-0.39, 0.29) is 18.1 Å². The molecule has 1 unspecified atom stereocenters. The van der Waals surface area contributed by atoms with Gasteiger partial charge in [-0.25, -0.2) is 0 Å². The SMILES string of the molecule is CB(F)C1C=CN(C(C)(C)C)B1C. The van der Waals surface area contributed by atoms with Gasteiger partial charge in [-0.3, -0.25) is 0 Å². The van der Waals surface area contributed by atoms with Crippen molar-refractivity contribution >= 4 is 13.8 Å². The van der Waals surface area contributed by atoms with Crippen LogP contribution < -0.4 is 0 Å². The molecule has 0 bridgehead atoms. The third kappa shape index (κ3) is 2.09. The van der Waals surface area contributed by atoms with Crippen molar-refractivity contribution < 1.29 is 4.32 Å². The maximum Gasteiger partial charge on any atom is 0.346 e. The van der Waals surface area contributed by atoms with Crippen LogP contribution in [0, 0.1) is 0 Å². The lowest BCUT2D eigenvalue weighted by Gasteiger charge is -2.37. The molecule has 0 spiro atoms. The molecule has 0 N–H and O–H groups in total. The molecule has 1 heterocycles. The Morgan fingerprint density at radius 1 is 1.46 bits per heavy atom. The molecule has 0 aliphatic carbocycles. The Kier molecular flexibility index (Phi) is 2.79. The molecule has 1 aliphatic heterocycles. The first kappa shape index (κ1) is 10.7. The van der Waals surface area contributed by atoms with Gasteiger partial charge in [0.05, 0.1) is 0 Å². The van der Waals surface area contributed by atoms with Gasteiger partial charge in [0.25, 0.3) is 6.85 Å². The second-order valence-corrected chi connectivity index (χ2v) is 4.92.